The van der Waals surface area contributed by atoms with Crippen molar-refractivity contribution in [3.05, 3.63) is 28.8 Å². The van der Waals surface area contributed by atoms with E-state index in [1.807, 2.05) is 6.92 Å². The molecule has 1 N–H and O–H groups in total. The van der Waals surface area contributed by atoms with Crippen molar-refractivity contribution in [1.82, 2.24) is 0 Å². The molecule has 26 heavy (non-hydrogen) atoms. The van der Waals surface area contributed by atoms with Crippen LogP contribution in [0.3, 0.4) is 0 Å². The maximum absolute atomic E-state index is 12.7. The minimum absolute atomic E-state index is 0.214. The minimum Gasteiger partial charge on any atom is -0.507 e. The first-order chi connectivity index (χ1) is 12.1. The highest BCUT2D eigenvalue weighted by Crippen LogP contribution is 2.68. The van der Waals surface area contributed by atoms with Crippen LogP contribution in [-0.2, 0) is 24.8 Å². The Balaban J connectivity index is 1.74. The number of carbonyl (C=O) groups excluding carboxylic acids is 2. The fraction of sp³-hybridized carbons (Fsp3) is 0.600. The summed E-state index contributed by atoms with van der Waals surface area (Å²) in [4.78, 5) is 35.1. The van der Waals surface area contributed by atoms with Gasteiger partial charge in [0, 0.05) is 4.75 Å². The molecule has 1 unspecified atom stereocenters. The Morgan fingerprint density at radius 1 is 1.15 bits per heavy atom. The molecular weight excluding hydrogens is 352 g/mol. The Labute approximate surface area is 159 Å². The van der Waals surface area contributed by atoms with Gasteiger partial charge in [0.15, 0.2) is 0 Å². The van der Waals surface area contributed by atoms with Crippen LogP contribution < -0.4 is 0 Å². The molecule has 0 radical (unpaired) electrons. The molecule has 0 aromatic heterocycles. The number of thiol groups is 1. The molecule has 1 aromatic rings. The highest BCUT2D eigenvalue weighted by Gasteiger charge is 2.69. The number of hydrogen-bond donors (Lipinski definition) is 2. The molecule has 2 fully saturated rings. The van der Waals surface area contributed by atoms with Crippen molar-refractivity contribution in [2.75, 3.05) is 0 Å². The first-order valence-electron chi connectivity index (χ1n) is 9.06. The highest BCUT2D eigenvalue weighted by atomic mass is 32.1. The molecule has 2 aliphatic carbocycles. The number of aromatic hydroxyl groups is 1. The van der Waals surface area contributed by atoms with Crippen molar-refractivity contribution < 1.29 is 24.5 Å². The van der Waals surface area contributed by atoms with Gasteiger partial charge in [-0.05, 0) is 69.6 Å². The van der Waals surface area contributed by atoms with Crippen LogP contribution in [0.1, 0.15) is 62.6 Å². The molecule has 1 aromatic carbocycles. The lowest BCUT2D eigenvalue weighted by Gasteiger charge is -2.27. The van der Waals surface area contributed by atoms with Crippen molar-refractivity contribution >= 4 is 24.6 Å². The summed E-state index contributed by atoms with van der Waals surface area (Å²) in [6.45, 7) is 7.19. The fourth-order valence-corrected chi connectivity index (χ4v) is 4.00. The Hall–Kier alpha value is -1.69. The van der Waals surface area contributed by atoms with E-state index in [1.54, 1.807) is 32.9 Å². The zero-order valence-corrected chi connectivity index (χ0v) is 16.6. The minimum atomic E-state index is -0.974. The number of aryl methyl sites for hydroxylation is 2. The summed E-state index contributed by atoms with van der Waals surface area (Å²) in [6.07, 6.45) is 3.70. The smallest absolute Gasteiger partial charge is 0.365 e. The molecule has 2 saturated carbocycles. The van der Waals surface area contributed by atoms with Crippen molar-refractivity contribution in [2.45, 2.75) is 70.0 Å². The van der Waals surface area contributed by atoms with Gasteiger partial charge in [-0.15, -0.1) is 0 Å². The zero-order valence-electron chi connectivity index (χ0n) is 15.7. The Bertz CT molecular complexity index is 740. The van der Waals surface area contributed by atoms with Crippen LogP contribution in [0.5, 0.6) is 5.75 Å². The SMILES string of the molecule is CCC(C)(C(=O)OOC(=O)C1(C2(S)CC2)CC1)c1cc(C)c(O)c(C)c1. The molecule has 0 bridgehead atoms. The van der Waals surface area contributed by atoms with Crippen molar-refractivity contribution in [3.8, 4) is 5.75 Å². The van der Waals surface area contributed by atoms with Crippen LogP contribution in [0.4, 0.5) is 0 Å². The van der Waals surface area contributed by atoms with Crippen molar-refractivity contribution in [1.29, 1.82) is 0 Å². The molecular formula is C20H26O5S. The molecule has 0 aliphatic heterocycles. The summed E-state index contributed by atoms with van der Waals surface area (Å²) in [5.74, 6) is -0.890. The van der Waals surface area contributed by atoms with Crippen LogP contribution >= 0.6 is 12.6 Å². The lowest BCUT2D eigenvalue weighted by molar-refractivity contribution is -0.267. The van der Waals surface area contributed by atoms with Crippen molar-refractivity contribution in [3.63, 3.8) is 0 Å². The summed E-state index contributed by atoms with van der Waals surface area (Å²) < 4.78 is -0.296. The van der Waals surface area contributed by atoms with Crippen molar-refractivity contribution in [2.24, 2.45) is 5.41 Å². The van der Waals surface area contributed by atoms with Crippen LogP contribution in [0.2, 0.25) is 0 Å². The van der Waals surface area contributed by atoms with E-state index in [9.17, 15) is 14.7 Å². The molecule has 1 atom stereocenters. The second-order valence-corrected chi connectivity index (χ2v) is 8.86. The Morgan fingerprint density at radius 3 is 2.12 bits per heavy atom. The normalized spacial score (nSPS) is 21.4. The van der Waals surface area contributed by atoms with Gasteiger partial charge in [-0.2, -0.15) is 12.6 Å². The maximum atomic E-state index is 12.7. The number of rotatable bonds is 5. The summed E-state index contributed by atoms with van der Waals surface area (Å²) >= 11 is 4.59. The van der Waals surface area contributed by atoms with Gasteiger partial charge in [-0.25, -0.2) is 19.4 Å². The monoisotopic (exact) mass is 378 g/mol. The van der Waals surface area contributed by atoms with E-state index in [4.69, 9.17) is 9.78 Å². The molecule has 5 nitrogen and oxygen atoms in total. The van der Waals surface area contributed by atoms with E-state index >= 15 is 0 Å². The molecule has 142 valence electrons. The van der Waals surface area contributed by atoms with Crippen LogP contribution in [0.15, 0.2) is 12.1 Å². The predicted molar refractivity (Wildman–Crippen MR) is 100 cm³/mol. The number of phenolic OH excluding ortho intramolecular Hbond substituents is 1. The number of hydrogen-bond acceptors (Lipinski definition) is 6. The van der Waals surface area contributed by atoms with E-state index in [0.717, 1.165) is 31.2 Å². The summed E-state index contributed by atoms with van der Waals surface area (Å²) in [5.41, 5.74) is 0.533. The quantitative estimate of drug-likeness (QED) is 0.462. The Morgan fingerprint density at radius 2 is 1.69 bits per heavy atom. The standard InChI is InChI=1S/C20H26O5S/c1-5-18(4,14-10-12(2)15(21)13(3)11-14)16(22)24-25-17(23)19(6-7-19)20(26)8-9-20/h10-11,21,26H,5-9H2,1-4H3. The summed E-state index contributed by atoms with van der Waals surface area (Å²) in [7, 11) is 0. The van der Waals surface area contributed by atoms with Gasteiger partial charge >= 0.3 is 11.9 Å². The average Bonchev–Trinajstić information content (AvgIpc) is 3.52. The van der Waals surface area contributed by atoms with E-state index in [0.29, 0.717) is 17.5 Å². The van der Waals surface area contributed by atoms with E-state index in [2.05, 4.69) is 12.6 Å². The molecule has 3 rings (SSSR count). The third-order valence-electron chi connectivity index (χ3n) is 6.23. The second kappa shape index (κ2) is 6.19. The lowest BCUT2D eigenvalue weighted by atomic mass is 9.79. The third kappa shape index (κ3) is 2.88. The van der Waals surface area contributed by atoms with Gasteiger partial charge < -0.3 is 5.11 Å². The third-order valence-corrected chi connectivity index (χ3v) is 7.11. The van der Waals surface area contributed by atoms with Crippen LogP contribution in [0, 0.1) is 19.3 Å². The van der Waals surface area contributed by atoms with Gasteiger partial charge in [0.2, 0.25) is 0 Å². The lowest BCUT2D eigenvalue weighted by Crippen LogP contribution is -2.37. The largest absolute Gasteiger partial charge is 0.507 e. The molecule has 0 spiro atoms. The average molecular weight is 378 g/mol. The molecule has 0 amide bonds. The van der Waals surface area contributed by atoms with E-state index in [-0.39, 0.29) is 10.5 Å². The topological polar surface area (TPSA) is 72.8 Å². The van der Waals surface area contributed by atoms with Gasteiger partial charge in [-0.3, -0.25) is 0 Å². The number of phenols is 1. The number of benzene rings is 1. The fourth-order valence-electron chi connectivity index (χ4n) is 3.57. The first-order valence-corrected chi connectivity index (χ1v) is 9.51. The van der Waals surface area contributed by atoms with Gasteiger partial charge in [0.1, 0.15) is 5.75 Å². The van der Waals surface area contributed by atoms with Gasteiger partial charge in [-0.1, -0.05) is 19.1 Å². The second-order valence-electron chi connectivity index (χ2n) is 8.00. The Kier molecular flexibility index (Phi) is 4.54. The molecule has 2 aliphatic rings. The summed E-state index contributed by atoms with van der Waals surface area (Å²) in [6, 6.07) is 3.54. The van der Waals surface area contributed by atoms with Gasteiger partial charge in [0.25, 0.3) is 0 Å². The summed E-state index contributed by atoms with van der Waals surface area (Å²) in [5, 5.41) is 9.97. The maximum Gasteiger partial charge on any atom is 0.365 e. The van der Waals surface area contributed by atoms with Crippen LogP contribution in [-0.4, -0.2) is 21.8 Å². The molecule has 0 heterocycles. The highest BCUT2D eigenvalue weighted by molar-refractivity contribution is 7.82. The first kappa shape index (κ1) is 19.1. The predicted octanol–water partition coefficient (Wildman–Crippen LogP) is 3.92. The van der Waals surface area contributed by atoms with E-state index in [1.165, 1.54) is 0 Å². The molecule has 0 saturated heterocycles. The van der Waals surface area contributed by atoms with Gasteiger partial charge in [0.05, 0.1) is 10.8 Å². The molecule has 6 heteroatoms. The zero-order chi connectivity index (χ0) is 19.3. The van der Waals surface area contributed by atoms with Crippen LogP contribution in [0.25, 0.3) is 0 Å². The van der Waals surface area contributed by atoms with E-state index < -0.39 is 22.8 Å². The number of carbonyl (C=O) groups is 2.